The van der Waals surface area contributed by atoms with Crippen molar-refractivity contribution in [3.63, 3.8) is 0 Å². The van der Waals surface area contributed by atoms with Crippen LogP contribution >= 0.6 is 47.0 Å². The van der Waals surface area contributed by atoms with Crippen molar-refractivity contribution in [2.45, 2.75) is 27.7 Å². The predicted molar refractivity (Wildman–Crippen MR) is 169 cm³/mol. The van der Waals surface area contributed by atoms with Gasteiger partial charge in [-0.05, 0) is 94.9 Å². The highest BCUT2D eigenvalue weighted by Crippen LogP contribution is 2.50. The smallest absolute Gasteiger partial charge is 0.119 e. The van der Waals surface area contributed by atoms with E-state index in [9.17, 15) is 0 Å². The van der Waals surface area contributed by atoms with Gasteiger partial charge in [0.05, 0.1) is 26.4 Å². The van der Waals surface area contributed by atoms with Gasteiger partial charge in [-0.25, -0.2) is 0 Å². The van der Waals surface area contributed by atoms with E-state index in [0.717, 1.165) is 11.5 Å². The lowest BCUT2D eigenvalue weighted by molar-refractivity contribution is 0.0273. The zero-order chi connectivity index (χ0) is 26.7. The Labute approximate surface area is 243 Å². The van der Waals surface area contributed by atoms with Crippen molar-refractivity contribution >= 4 is 59.2 Å². The molecule has 8 heteroatoms. The highest BCUT2D eigenvalue weighted by Gasteiger charge is 2.14. The second-order valence-electron chi connectivity index (χ2n) is 8.62. The molecule has 0 radical (unpaired) electrons. The highest BCUT2D eigenvalue weighted by atomic mass is 32.2. The number of allylic oxidation sites excluding steroid dienone is 4. The molecule has 0 saturated heterocycles. The fraction of sp³-hybridized carbons (Fsp3) is 0.333. The third-order valence-electron chi connectivity index (χ3n) is 5.70. The van der Waals surface area contributed by atoms with E-state index in [-0.39, 0.29) is 0 Å². The second kappa shape index (κ2) is 15.2. The minimum Gasteiger partial charge on any atom is -0.491 e. The van der Waals surface area contributed by atoms with E-state index in [2.05, 4.69) is 64.1 Å². The topological polar surface area (TPSA) is 36.9 Å². The Morgan fingerprint density at radius 3 is 1.13 bits per heavy atom. The summed E-state index contributed by atoms with van der Waals surface area (Å²) in [6.45, 7) is 11.8. The molecule has 4 rings (SSSR count). The molecule has 2 aromatic carbocycles. The van der Waals surface area contributed by atoms with Crippen LogP contribution in [-0.4, -0.2) is 39.6 Å². The van der Waals surface area contributed by atoms with E-state index in [1.165, 1.54) is 39.2 Å². The Bertz CT molecular complexity index is 1070. The molecule has 0 bridgehead atoms. The van der Waals surface area contributed by atoms with Crippen LogP contribution in [0.15, 0.2) is 76.6 Å². The Morgan fingerprint density at radius 2 is 0.789 bits per heavy atom. The maximum Gasteiger partial charge on any atom is 0.119 e. The van der Waals surface area contributed by atoms with Gasteiger partial charge in [0.1, 0.15) is 24.7 Å². The molecule has 2 aliphatic heterocycles. The van der Waals surface area contributed by atoms with Gasteiger partial charge in [0, 0.05) is 8.47 Å². The summed E-state index contributed by atoms with van der Waals surface area (Å²) in [5.74, 6) is 1.70. The molecule has 0 aliphatic carbocycles. The molecule has 2 aromatic rings. The van der Waals surface area contributed by atoms with Gasteiger partial charge < -0.3 is 18.9 Å². The van der Waals surface area contributed by atoms with Gasteiger partial charge in [0.2, 0.25) is 0 Å². The molecular formula is C30H34O4S4. The average molecular weight is 587 g/mol. The van der Waals surface area contributed by atoms with E-state index in [0.29, 0.717) is 39.6 Å². The summed E-state index contributed by atoms with van der Waals surface area (Å²) in [5.41, 5.74) is 2.37. The third kappa shape index (κ3) is 9.50. The lowest BCUT2D eigenvalue weighted by Gasteiger charge is -2.09. The highest BCUT2D eigenvalue weighted by molar-refractivity contribution is 8.29. The largest absolute Gasteiger partial charge is 0.491 e. The average Bonchev–Trinajstić information content (AvgIpc) is 3.40. The predicted octanol–water partition coefficient (Wildman–Crippen LogP) is 9.24. The molecule has 4 nitrogen and oxygen atoms in total. The number of ether oxygens (including phenoxy) is 4. The molecule has 0 spiro atoms. The summed E-state index contributed by atoms with van der Waals surface area (Å²) in [5, 5.41) is 0. The minimum absolute atomic E-state index is 0.511. The van der Waals surface area contributed by atoms with E-state index in [1.807, 2.05) is 71.3 Å². The van der Waals surface area contributed by atoms with E-state index in [4.69, 9.17) is 18.9 Å². The summed E-state index contributed by atoms with van der Waals surface area (Å²) in [6.07, 6.45) is 4.44. The number of thioether (sulfide) groups is 4. The van der Waals surface area contributed by atoms with Crippen LogP contribution in [0.2, 0.25) is 0 Å². The molecule has 0 saturated carbocycles. The Balaban J connectivity index is 1.01. The quantitative estimate of drug-likeness (QED) is 0.215. The molecule has 0 atom stereocenters. The van der Waals surface area contributed by atoms with Gasteiger partial charge in [-0.2, -0.15) is 0 Å². The first kappa shape index (κ1) is 29.3. The molecule has 0 N–H and O–H groups in total. The summed E-state index contributed by atoms with van der Waals surface area (Å²) in [6, 6.07) is 16.4. The van der Waals surface area contributed by atoms with Crippen molar-refractivity contribution < 1.29 is 18.9 Å². The van der Waals surface area contributed by atoms with Crippen molar-refractivity contribution in [2.24, 2.45) is 0 Å². The first-order chi connectivity index (χ1) is 18.5. The van der Waals surface area contributed by atoms with Crippen molar-refractivity contribution in [3.8, 4) is 11.5 Å². The van der Waals surface area contributed by atoms with Gasteiger partial charge >= 0.3 is 0 Å². The SMILES string of the molecule is CC1=C(C)SC(=Cc2ccc(OCCOCCOCCOc3ccc(C=C4SC(C)=C(C)S4)cc3)cc2)S1. The Morgan fingerprint density at radius 1 is 0.474 bits per heavy atom. The van der Waals surface area contributed by atoms with Crippen molar-refractivity contribution in [3.05, 3.63) is 87.8 Å². The fourth-order valence-corrected chi connectivity index (χ4v) is 8.30. The molecule has 0 unspecified atom stereocenters. The van der Waals surface area contributed by atoms with Crippen LogP contribution in [0.3, 0.4) is 0 Å². The maximum absolute atomic E-state index is 5.78. The number of hydrogen-bond donors (Lipinski definition) is 0. The number of rotatable bonds is 13. The van der Waals surface area contributed by atoms with Gasteiger partial charge in [-0.3, -0.25) is 0 Å². The zero-order valence-electron chi connectivity index (χ0n) is 22.3. The van der Waals surface area contributed by atoms with Crippen LogP contribution in [-0.2, 0) is 9.47 Å². The monoisotopic (exact) mass is 586 g/mol. The summed E-state index contributed by atoms with van der Waals surface area (Å²) < 4.78 is 25.4. The van der Waals surface area contributed by atoms with Crippen LogP contribution in [0.1, 0.15) is 38.8 Å². The molecule has 2 aliphatic rings. The Kier molecular flexibility index (Phi) is 11.7. The van der Waals surface area contributed by atoms with E-state index >= 15 is 0 Å². The van der Waals surface area contributed by atoms with Crippen LogP contribution < -0.4 is 9.47 Å². The summed E-state index contributed by atoms with van der Waals surface area (Å²) in [7, 11) is 0. The molecular weight excluding hydrogens is 553 g/mol. The van der Waals surface area contributed by atoms with Crippen molar-refractivity contribution in [1.82, 2.24) is 0 Å². The Hall–Kier alpha value is -1.68. The van der Waals surface area contributed by atoms with Crippen molar-refractivity contribution in [2.75, 3.05) is 39.6 Å². The van der Waals surface area contributed by atoms with Crippen LogP contribution in [0.5, 0.6) is 11.5 Å². The van der Waals surface area contributed by atoms with Gasteiger partial charge in [0.15, 0.2) is 0 Å². The van der Waals surface area contributed by atoms with Crippen LogP contribution in [0, 0.1) is 0 Å². The van der Waals surface area contributed by atoms with Gasteiger partial charge in [-0.15, -0.1) is 0 Å². The maximum atomic E-state index is 5.78. The standard InChI is InChI=1S/C30H34O4S4/c1-21-22(2)36-29(35-21)19-25-5-9-27(10-6-25)33-17-15-31-13-14-32-16-18-34-28-11-7-26(8-12-28)20-30-37-23(3)24(4)38-30/h5-12,19-20H,13-18H2,1-4H3. The lowest BCUT2D eigenvalue weighted by atomic mass is 10.2. The molecule has 202 valence electrons. The van der Waals surface area contributed by atoms with Crippen molar-refractivity contribution in [1.29, 1.82) is 0 Å². The summed E-state index contributed by atoms with van der Waals surface area (Å²) in [4.78, 5) is 5.54. The van der Waals surface area contributed by atoms with Crippen LogP contribution in [0.4, 0.5) is 0 Å². The van der Waals surface area contributed by atoms with Gasteiger partial charge in [-0.1, -0.05) is 71.3 Å². The normalized spacial score (nSPS) is 15.5. The first-order valence-electron chi connectivity index (χ1n) is 12.6. The number of benzene rings is 2. The lowest BCUT2D eigenvalue weighted by Crippen LogP contribution is -2.13. The summed E-state index contributed by atoms with van der Waals surface area (Å²) >= 11 is 7.35. The zero-order valence-corrected chi connectivity index (χ0v) is 25.5. The fourth-order valence-electron chi connectivity index (χ4n) is 3.40. The first-order valence-corrected chi connectivity index (χ1v) is 15.8. The molecule has 0 aromatic heterocycles. The molecule has 0 amide bonds. The third-order valence-corrected chi connectivity index (χ3v) is 10.7. The van der Waals surface area contributed by atoms with E-state index in [1.54, 1.807) is 0 Å². The second-order valence-corrected chi connectivity index (χ2v) is 14.2. The van der Waals surface area contributed by atoms with Crippen LogP contribution in [0.25, 0.3) is 12.2 Å². The molecule has 0 fully saturated rings. The van der Waals surface area contributed by atoms with Gasteiger partial charge in [0.25, 0.3) is 0 Å². The van der Waals surface area contributed by atoms with E-state index < -0.39 is 0 Å². The molecule has 2 heterocycles. The number of hydrogen-bond acceptors (Lipinski definition) is 8. The minimum atomic E-state index is 0.511. The molecule has 38 heavy (non-hydrogen) atoms.